The highest BCUT2D eigenvalue weighted by Crippen LogP contribution is 2.30. The third-order valence-electron chi connectivity index (χ3n) is 3.52. The Morgan fingerprint density at radius 1 is 1.40 bits per heavy atom. The van der Waals surface area contributed by atoms with E-state index in [0.29, 0.717) is 6.54 Å². The van der Waals surface area contributed by atoms with E-state index in [1.54, 1.807) is 0 Å². The Labute approximate surface area is 90.4 Å². The maximum atomic E-state index is 11.4. The first kappa shape index (κ1) is 10.9. The number of aliphatic hydroxyl groups excluding tert-OH is 1. The van der Waals surface area contributed by atoms with E-state index in [0.717, 1.165) is 31.7 Å². The summed E-state index contributed by atoms with van der Waals surface area (Å²) < 4.78 is 0. The van der Waals surface area contributed by atoms with Crippen LogP contribution in [0.3, 0.4) is 0 Å². The molecule has 2 rings (SSSR count). The van der Waals surface area contributed by atoms with Gasteiger partial charge in [0.2, 0.25) is 5.91 Å². The van der Waals surface area contributed by atoms with Crippen LogP contribution in [0.15, 0.2) is 0 Å². The molecule has 0 spiro atoms. The molecule has 4 nitrogen and oxygen atoms in total. The molecule has 2 aliphatic carbocycles. The zero-order chi connectivity index (χ0) is 10.7. The minimum atomic E-state index is -0.156. The van der Waals surface area contributed by atoms with Gasteiger partial charge in [0, 0.05) is 12.1 Å². The Morgan fingerprint density at radius 3 is 2.60 bits per heavy atom. The quantitative estimate of drug-likeness (QED) is 0.581. The molecule has 0 heterocycles. The van der Waals surface area contributed by atoms with Crippen LogP contribution in [0.2, 0.25) is 0 Å². The Bertz CT molecular complexity index is 229. The van der Waals surface area contributed by atoms with Gasteiger partial charge in [0.25, 0.3) is 0 Å². The minimum Gasteiger partial charge on any atom is -0.394 e. The van der Waals surface area contributed by atoms with E-state index in [-0.39, 0.29) is 18.1 Å². The van der Waals surface area contributed by atoms with Gasteiger partial charge in [-0.25, -0.2) is 0 Å². The number of hydrogen-bond donors (Lipinski definition) is 3. The third kappa shape index (κ3) is 2.92. The maximum absolute atomic E-state index is 11.4. The van der Waals surface area contributed by atoms with E-state index < -0.39 is 0 Å². The Morgan fingerprint density at radius 2 is 2.13 bits per heavy atom. The Kier molecular flexibility index (Phi) is 3.26. The highest BCUT2D eigenvalue weighted by Gasteiger charge is 2.36. The van der Waals surface area contributed by atoms with Crippen molar-refractivity contribution in [3.05, 3.63) is 0 Å². The van der Waals surface area contributed by atoms with Gasteiger partial charge in [0.05, 0.1) is 13.2 Å². The van der Waals surface area contributed by atoms with E-state index in [1.807, 2.05) is 0 Å². The summed E-state index contributed by atoms with van der Waals surface area (Å²) in [6.45, 7) is 1.31. The van der Waals surface area contributed by atoms with Crippen molar-refractivity contribution in [2.24, 2.45) is 5.92 Å². The summed E-state index contributed by atoms with van der Waals surface area (Å²) >= 11 is 0. The maximum Gasteiger partial charge on any atom is 0.233 e. The number of rotatable bonds is 6. The highest BCUT2D eigenvalue weighted by molar-refractivity contribution is 5.78. The molecular weight excluding hydrogens is 192 g/mol. The van der Waals surface area contributed by atoms with Crippen LogP contribution in [-0.4, -0.2) is 36.2 Å². The molecule has 0 aromatic carbocycles. The Balaban J connectivity index is 1.60. The van der Waals surface area contributed by atoms with Crippen molar-refractivity contribution in [2.45, 2.75) is 37.6 Å². The zero-order valence-corrected chi connectivity index (χ0v) is 9.09. The van der Waals surface area contributed by atoms with Crippen LogP contribution >= 0.6 is 0 Å². The second-order valence-electron chi connectivity index (χ2n) is 4.89. The monoisotopic (exact) mass is 212 g/mol. The van der Waals surface area contributed by atoms with Gasteiger partial charge in [0.1, 0.15) is 0 Å². The molecule has 0 radical (unpaired) electrons. The molecule has 0 saturated heterocycles. The van der Waals surface area contributed by atoms with E-state index >= 15 is 0 Å². The van der Waals surface area contributed by atoms with Crippen LogP contribution in [-0.2, 0) is 4.79 Å². The van der Waals surface area contributed by atoms with Gasteiger partial charge in [-0.1, -0.05) is 0 Å². The van der Waals surface area contributed by atoms with Gasteiger partial charge in [0.15, 0.2) is 0 Å². The van der Waals surface area contributed by atoms with E-state index in [1.165, 1.54) is 12.8 Å². The molecule has 4 heteroatoms. The SMILES string of the molecule is O=C(CNC1(CO)CCC1)NCC1CC1. The predicted octanol–water partition coefficient (Wildman–Crippen LogP) is 0.0172. The zero-order valence-electron chi connectivity index (χ0n) is 9.09. The van der Waals surface area contributed by atoms with Crippen LogP contribution in [0, 0.1) is 5.92 Å². The molecule has 0 aromatic rings. The number of hydrogen-bond acceptors (Lipinski definition) is 3. The summed E-state index contributed by atoms with van der Waals surface area (Å²) in [6, 6.07) is 0. The summed E-state index contributed by atoms with van der Waals surface area (Å²) in [4.78, 5) is 11.4. The average Bonchev–Trinajstić information content (AvgIpc) is 2.97. The molecule has 0 bridgehead atoms. The van der Waals surface area contributed by atoms with Gasteiger partial charge in [-0.15, -0.1) is 0 Å². The van der Waals surface area contributed by atoms with Gasteiger partial charge in [-0.05, 0) is 38.0 Å². The average molecular weight is 212 g/mol. The molecular formula is C11H20N2O2. The van der Waals surface area contributed by atoms with Crippen molar-refractivity contribution in [3.8, 4) is 0 Å². The van der Waals surface area contributed by atoms with Crippen molar-refractivity contribution < 1.29 is 9.90 Å². The molecule has 86 valence electrons. The first-order valence-electron chi connectivity index (χ1n) is 5.87. The molecule has 15 heavy (non-hydrogen) atoms. The van der Waals surface area contributed by atoms with Crippen LogP contribution in [0.4, 0.5) is 0 Å². The van der Waals surface area contributed by atoms with E-state index in [2.05, 4.69) is 10.6 Å². The lowest BCUT2D eigenvalue weighted by molar-refractivity contribution is -0.121. The van der Waals surface area contributed by atoms with Crippen molar-refractivity contribution in [1.29, 1.82) is 0 Å². The number of carbonyl (C=O) groups is 1. The van der Waals surface area contributed by atoms with Gasteiger partial charge >= 0.3 is 0 Å². The second kappa shape index (κ2) is 4.49. The fourth-order valence-electron chi connectivity index (χ4n) is 1.90. The van der Waals surface area contributed by atoms with Gasteiger partial charge in [-0.3, -0.25) is 4.79 Å². The molecule has 0 aliphatic heterocycles. The minimum absolute atomic E-state index is 0.0571. The topological polar surface area (TPSA) is 61.4 Å². The summed E-state index contributed by atoms with van der Waals surface area (Å²) in [7, 11) is 0. The molecule has 0 atom stereocenters. The number of amides is 1. The lowest BCUT2D eigenvalue weighted by Crippen LogP contribution is -2.56. The molecule has 2 saturated carbocycles. The number of nitrogens with one attached hydrogen (secondary N) is 2. The third-order valence-corrected chi connectivity index (χ3v) is 3.52. The van der Waals surface area contributed by atoms with Crippen molar-refractivity contribution in [2.75, 3.05) is 19.7 Å². The van der Waals surface area contributed by atoms with Crippen molar-refractivity contribution in [3.63, 3.8) is 0 Å². The molecule has 2 fully saturated rings. The van der Waals surface area contributed by atoms with Crippen LogP contribution in [0.25, 0.3) is 0 Å². The van der Waals surface area contributed by atoms with Crippen molar-refractivity contribution >= 4 is 5.91 Å². The fraction of sp³-hybridized carbons (Fsp3) is 0.909. The molecule has 0 aromatic heterocycles. The summed E-state index contributed by atoms with van der Waals surface area (Å²) in [5.74, 6) is 0.783. The summed E-state index contributed by atoms with van der Waals surface area (Å²) in [5.41, 5.74) is -0.156. The normalized spacial score (nSPS) is 23.3. The molecule has 3 N–H and O–H groups in total. The predicted molar refractivity (Wildman–Crippen MR) is 57.4 cm³/mol. The van der Waals surface area contributed by atoms with Gasteiger partial charge in [-0.2, -0.15) is 0 Å². The second-order valence-corrected chi connectivity index (χ2v) is 4.89. The smallest absolute Gasteiger partial charge is 0.233 e. The first-order chi connectivity index (χ1) is 7.24. The molecule has 1 amide bonds. The molecule has 2 aliphatic rings. The van der Waals surface area contributed by atoms with E-state index in [4.69, 9.17) is 0 Å². The largest absolute Gasteiger partial charge is 0.394 e. The lowest BCUT2D eigenvalue weighted by atomic mass is 9.77. The summed E-state index contributed by atoms with van der Waals surface area (Å²) in [6.07, 6.45) is 5.64. The van der Waals surface area contributed by atoms with Crippen molar-refractivity contribution in [1.82, 2.24) is 10.6 Å². The standard InChI is InChI=1S/C11H20N2O2/c14-8-11(4-1-5-11)13-7-10(15)12-6-9-2-3-9/h9,13-14H,1-8H2,(H,12,15). The highest BCUT2D eigenvalue weighted by atomic mass is 16.3. The number of carbonyl (C=O) groups excluding carboxylic acids is 1. The van der Waals surface area contributed by atoms with Crippen LogP contribution in [0.5, 0.6) is 0 Å². The number of aliphatic hydroxyl groups is 1. The van der Waals surface area contributed by atoms with Crippen LogP contribution in [0.1, 0.15) is 32.1 Å². The first-order valence-corrected chi connectivity index (χ1v) is 5.87. The van der Waals surface area contributed by atoms with E-state index in [9.17, 15) is 9.90 Å². The Hall–Kier alpha value is -0.610. The summed E-state index contributed by atoms with van der Waals surface area (Å²) in [5, 5.41) is 15.3. The lowest BCUT2D eigenvalue weighted by Gasteiger charge is -2.41. The van der Waals surface area contributed by atoms with Gasteiger partial charge < -0.3 is 15.7 Å². The van der Waals surface area contributed by atoms with Crippen LogP contribution < -0.4 is 10.6 Å². The fourth-order valence-corrected chi connectivity index (χ4v) is 1.90. The molecule has 0 unspecified atom stereocenters.